The number of carbonyl (C=O) groups excluding carboxylic acids is 1. The molecule has 2 aromatic carbocycles. The van der Waals surface area contributed by atoms with E-state index in [4.69, 9.17) is 37.1 Å². The number of furan rings is 1. The van der Waals surface area contributed by atoms with E-state index >= 15 is 0 Å². The Morgan fingerprint density at radius 3 is 2.51 bits per heavy atom. The SMILES string of the molecule is COC(=O)C1=C(C)N=c2s/c(=C\c3ccc(-c4ccc(Cl)cc4)o3)c(=O)n2[C@H]1c1cc(Cl)ccc1OC. The van der Waals surface area contributed by atoms with E-state index in [0.717, 1.165) is 5.56 Å². The van der Waals surface area contributed by atoms with Gasteiger partial charge >= 0.3 is 5.97 Å². The van der Waals surface area contributed by atoms with Crippen molar-refractivity contribution in [3.8, 4) is 17.1 Å². The van der Waals surface area contributed by atoms with Gasteiger partial charge in [0.15, 0.2) is 4.80 Å². The number of nitrogens with zero attached hydrogens (tertiary/aromatic N) is 2. The van der Waals surface area contributed by atoms with Crippen molar-refractivity contribution in [3.63, 3.8) is 0 Å². The van der Waals surface area contributed by atoms with E-state index in [0.29, 0.717) is 47.9 Å². The van der Waals surface area contributed by atoms with Gasteiger partial charge in [0, 0.05) is 27.2 Å². The Kier molecular flexibility index (Phi) is 6.81. The largest absolute Gasteiger partial charge is 0.496 e. The van der Waals surface area contributed by atoms with Crippen LogP contribution in [0, 0.1) is 0 Å². The van der Waals surface area contributed by atoms with Gasteiger partial charge in [0.05, 0.1) is 30.0 Å². The first-order chi connectivity index (χ1) is 17.8. The fourth-order valence-electron chi connectivity index (χ4n) is 4.23. The number of hydrogen-bond acceptors (Lipinski definition) is 7. The normalized spacial score (nSPS) is 15.4. The first kappa shape index (κ1) is 25.1. The Morgan fingerprint density at radius 1 is 1.08 bits per heavy atom. The van der Waals surface area contributed by atoms with E-state index in [1.165, 1.54) is 30.1 Å². The van der Waals surface area contributed by atoms with Gasteiger partial charge in [0.25, 0.3) is 5.56 Å². The second kappa shape index (κ2) is 10.0. The summed E-state index contributed by atoms with van der Waals surface area (Å²) in [4.78, 5) is 31.6. The van der Waals surface area contributed by atoms with Gasteiger partial charge < -0.3 is 13.9 Å². The zero-order chi connectivity index (χ0) is 26.3. The molecule has 10 heteroatoms. The molecule has 188 valence electrons. The van der Waals surface area contributed by atoms with E-state index in [-0.39, 0.29) is 11.1 Å². The molecule has 0 amide bonds. The van der Waals surface area contributed by atoms with Crippen LogP contribution in [0.3, 0.4) is 0 Å². The summed E-state index contributed by atoms with van der Waals surface area (Å²) in [5.41, 5.74) is 1.73. The van der Waals surface area contributed by atoms with E-state index in [9.17, 15) is 9.59 Å². The highest BCUT2D eigenvalue weighted by Crippen LogP contribution is 2.37. The zero-order valence-corrected chi connectivity index (χ0v) is 22.3. The molecule has 0 fully saturated rings. The molecule has 7 nitrogen and oxygen atoms in total. The van der Waals surface area contributed by atoms with E-state index in [2.05, 4.69) is 4.99 Å². The maximum Gasteiger partial charge on any atom is 0.338 e. The van der Waals surface area contributed by atoms with Gasteiger partial charge in [-0.2, -0.15) is 0 Å². The van der Waals surface area contributed by atoms with Crippen molar-refractivity contribution in [2.45, 2.75) is 13.0 Å². The molecule has 0 spiro atoms. The Bertz CT molecular complexity index is 1730. The van der Waals surface area contributed by atoms with Crippen LogP contribution in [0.25, 0.3) is 17.4 Å². The molecular weight excluding hydrogens is 535 g/mol. The topological polar surface area (TPSA) is 83.0 Å². The molecule has 0 radical (unpaired) electrons. The number of benzene rings is 2. The van der Waals surface area contributed by atoms with Crippen molar-refractivity contribution in [2.75, 3.05) is 14.2 Å². The third kappa shape index (κ3) is 4.64. The molecule has 0 saturated heterocycles. The standard InChI is InChI=1S/C27H20Cl2N2O5S/c1-14-23(26(33)35-3)24(19-12-17(29)8-10-21(19)34-2)31-25(32)22(37-27(31)30-14)13-18-9-11-20(36-18)15-4-6-16(28)7-5-15/h4-13,24H,1-3H3/b22-13-/t24-/m0/s1. The van der Waals surface area contributed by atoms with Crippen molar-refractivity contribution in [2.24, 2.45) is 4.99 Å². The molecule has 0 N–H and O–H groups in total. The molecule has 0 saturated carbocycles. The summed E-state index contributed by atoms with van der Waals surface area (Å²) in [5.74, 6) is 1.01. The number of ether oxygens (including phenoxy) is 2. The van der Waals surface area contributed by atoms with Gasteiger partial charge in [-0.3, -0.25) is 9.36 Å². The molecule has 1 aliphatic rings. The van der Waals surface area contributed by atoms with E-state index in [1.54, 1.807) is 49.4 Å². The van der Waals surface area contributed by atoms with Crippen LogP contribution in [0.5, 0.6) is 5.75 Å². The molecule has 0 unspecified atom stereocenters. The molecule has 3 heterocycles. The minimum absolute atomic E-state index is 0.227. The monoisotopic (exact) mass is 554 g/mol. The van der Waals surface area contributed by atoms with Gasteiger partial charge in [0.2, 0.25) is 0 Å². The smallest absolute Gasteiger partial charge is 0.338 e. The highest BCUT2D eigenvalue weighted by Gasteiger charge is 2.35. The number of carbonyl (C=O) groups is 1. The van der Waals surface area contributed by atoms with Crippen LogP contribution >= 0.6 is 34.5 Å². The summed E-state index contributed by atoms with van der Waals surface area (Å²) >= 11 is 13.5. The number of allylic oxidation sites excluding steroid dienone is 1. The highest BCUT2D eigenvalue weighted by molar-refractivity contribution is 7.07. The Labute approximate surface area is 225 Å². The lowest BCUT2D eigenvalue weighted by molar-refractivity contribution is -0.136. The third-order valence-corrected chi connectivity index (χ3v) is 7.41. The first-order valence-corrected chi connectivity index (χ1v) is 12.7. The number of rotatable bonds is 5. The number of aromatic nitrogens is 1. The van der Waals surface area contributed by atoms with E-state index in [1.807, 2.05) is 18.2 Å². The lowest BCUT2D eigenvalue weighted by atomic mass is 9.95. The second-order valence-corrected chi connectivity index (χ2v) is 10.1. The Morgan fingerprint density at radius 2 is 1.81 bits per heavy atom. The van der Waals surface area contributed by atoms with Gasteiger partial charge in [-0.25, -0.2) is 9.79 Å². The molecule has 0 aliphatic carbocycles. The summed E-state index contributed by atoms with van der Waals surface area (Å²) in [6.45, 7) is 1.71. The lowest BCUT2D eigenvalue weighted by Gasteiger charge is -2.25. The van der Waals surface area contributed by atoms with Crippen LogP contribution in [-0.4, -0.2) is 24.8 Å². The minimum atomic E-state index is -0.847. The van der Waals surface area contributed by atoms with Gasteiger partial charge in [-0.15, -0.1) is 0 Å². The molecule has 37 heavy (non-hydrogen) atoms. The number of fused-ring (bicyclic) bond motifs is 1. The lowest BCUT2D eigenvalue weighted by Crippen LogP contribution is -2.40. The first-order valence-electron chi connectivity index (χ1n) is 11.1. The number of hydrogen-bond donors (Lipinski definition) is 0. The molecule has 1 aliphatic heterocycles. The average Bonchev–Trinajstić information content (AvgIpc) is 3.47. The highest BCUT2D eigenvalue weighted by atomic mass is 35.5. The number of halogens is 2. The number of esters is 1. The quantitative estimate of drug-likeness (QED) is 0.325. The van der Waals surface area contributed by atoms with Gasteiger partial charge in [-0.05, 0) is 61.5 Å². The fraction of sp³-hybridized carbons (Fsp3) is 0.148. The number of thiazole rings is 1. The molecule has 0 bridgehead atoms. The predicted molar refractivity (Wildman–Crippen MR) is 143 cm³/mol. The minimum Gasteiger partial charge on any atom is -0.496 e. The van der Waals surface area contributed by atoms with Crippen molar-refractivity contribution < 1.29 is 18.7 Å². The van der Waals surface area contributed by atoms with Crippen LogP contribution < -0.4 is 19.6 Å². The maximum absolute atomic E-state index is 13.7. The van der Waals surface area contributed by atoms with Crippen LogP contribution in [0.15, 0.2) is 80.1 Å². The van der Waals surface area contributed by atoms with Crippen molar-refractivity contribution in [1.82, 2.24) is 4.57 Å². The second-order valence-electron chi connectivity index (χ2n) is 8.17. The van der Waals surface area contributed by atoms with Crippen molar-refractivity contribution in [3.05, 3.63) is 107 Å². The predicted octanol–water partition coefficient (Wildman–Crippen LogP) is 4.98. The van der Waals surface area contributed by atoms with Crippen molar-refractivity contribution in [1.29, 1.82) is 0 Å². The molecule has 1 atom stereocenters. The van der Waals surface area contributed by atoms with E-state index < -0.39 is 12.0 Å². The summed E-state index contributed by atoms with van der Waals surface area (Å²) in [5, 5.41) is 1.06. The summed E-state index contributed by atoms with van der Waals surface area (Å²) in [6.07, 6.45) is 1.66. The summed E-state index contributed by atoms with van der Waals surface area (Å²) in [6, 6.07) is 15.1. The Hall–Kier alpha value is -3.59. The van der Waals surface area contributed by atoms with Crippen LogP contribution in [-0.2, 0) is 9.53 Å². The third-order valence-electron chi connectivity index (χ3n) is 5.94. The molecule has 5 rings (SSSR count). The van der Waals surface area contributed by atoms with Gasteiger partial charge in [-0.1, -0.05) is 34.5 Å². The average molecular weight is 555 g/mol. The van der Waals surface area contributed by atoms with Crippen LogP contribution in [0.4, 0.5) is 0 Å². The van der Waals surface area contributed by atoms with Gasteiger partial charge in [0.1, 0.15) is 23.3 Å². The fourth-order valence-corrected chi connectivity index (χ4v) is 5.57. The molecular formula is C27H20Cl2N2O5S. The summed E-state index contributed by atoms with van der Waals surface area (Å²) < 4.78 is 18.4. The van der Waals surface area contributed by atoms with Crippen LogP contribution in [0.2, 0.25) is 10.0 Å². The number of methoxy groups -OCH3 is 2. The van der Waals surface area contributed by atoms with Crippen molar-refractivity contribution >= 4 is 46.6 Å². The molecule has 2 aromatic heterocycles. The maximum atomic E-state index is 13.7. The van der Waals surface area contributed by atoms with Crippen LogP contribution in [0.1, 0.15) is 24.3 Å². The summed E-state index contributed by atoms with van der Waals surface area (Å²) in [7, 11) is 2.80. The molecule has 4 aromatic rings. The zero-order valence-electron chi connectivity index (χ0n) is 20.0. The Balaban J connectivity index is 1.68.